The molecule has 0 amide bonds. The summed E-state index contributed by atoms with van der Waals surface area (Å²) in [7, 11) is 0. The van der Waals surface area contributed by atoms with Crippen LogP contribution in [0.25, 0.3) is 10.8 Å². The van der Waals surface area contributed by atoms with E-state index in [-0.39, 0.29) is 0 Å². The molecule has 0 saturated heterocycles. The molecule has 3 nitrogen and oxygen atoms in total. The van der Waals surface area contributed by atoms with Crippen molar-refractivity contribution in [2.45, 2.75) is 5.33 Å². The predicted octanol–water partition coefficient (Wildman–Crippen LogP) is 3.35. The van der Waals surface area contributed by atoms with Gasteiger partial charge in [-0.25, -0.2) is 0 Å². The second-order valence-corrected chi connectivity index (χ2v) is 4.51. The SMILES string of the molecule is Clc1ccc(-c2nnc(CBr)o2)s1. The predicted molar refractivity (Wildman–Crippen MR) is 55.3 cm³/mol. The van der Waals surface area contributed by atoms with Gasteiger partial charge in [0.2, 0.25) is 5.89 Å². The van der Waals surface area contributed by atoms with E-state index < -0.39 is 0 Å². The van der Waals surface area contributed by atoms with Crippen molar-refractivity contribution in [3.8, 4) is 10.8 Å². The average molecular weight is 280 g/mol. The molecule has 0 N–H and O–H groups in total. The Kier molecular flexibility index (Phi) is 2.66. The number of aromatic nitrogens is 2. The Morgan fingerprint density at radius 1 is 1.46 bits per heavy atom. The Morgan fingerprint density at radius 2 is 2.31 bits per heavy atom. The third kappa shape index (κ3) is 1.92. The van der Waals surface area contributed by atoms with E-state index in [2.05, 4.69) is 26.1 Å². The van der Waals surface area contributed by atoms with Crippen molar-refractivity contribution < 1.29 is 4.42 Å². The molecule has 13 heavy (non-hydrogen) atoms. The van der Waals surface area contributed by atoms with Crippen LogP contribution in [-0.4, -0.2) is 10.2 Å². The maximum Gasteiger partial charge on any atom is 0.257 e. The van der Waals surface area contributed by atoms with E-state index in [1.165, 1.54) is 11.3 Å². The van der Waals surface area contributed by atoms with Crippen LogP contribution < -0.4 is 0 Å². The highest BCUT2D eigenvalue weighted by molar-refractivity contribution is 9.08. The number of halogens is 2. The Balaban J connectivity index is 2.35. The lowest BCUT2D eigenvalue weighted by molar-refractivity contribution is 0.531. The summed E-state index contributed by atoms with van der Waals surface area (Å²) in [6, 6.07) is 3.66. The molecule has 2 aromatic heterocycles. The summed E-state index contributed by atoms with van der Waals surface area (Å²) >= 11 is 10.4. The first-order valence-electron chi connectivity index (χ1n) is 3.43. The van der Waals surface area contributed by atoms with Crippen molar-refractivity contribution in [3.63, 3.8) is 0 Å². The van der Waals surface area contributed by atoms with Crippen molar-refractivity contribution in [2.75, 3.05) is 0 Å². The van der Waals surface area contributed by atoms with Gasteiger partial charge in [-0.15, -0.1) is 21.5 Å². The number of thiophene rings is 1. The average Bonchev–Trinajstić information content (AvgIpc) is 2.71. The summed E-state index contributed by atoms with van der Waals surface area (Å²) in [6.07, 6.45) is 0. The van der Waals surface area contributed by atoms with Crippen molar-refractivity contribution in [1.29, 1.82) is 0 Å². The molecule has 2 rings (SSSR count). The van der Waals surface area contributed by atoms with Gasteiger partial charge in [0.1, 0.15) is 0 Å². The van der Waals surface area contributed by atoms with Crippen molar-refractivity contribution >= 4 is 38.9 Å². The van der Waals surface area contributed by atoms with E-state index in [0.29, 0.717) is 21.4 Å². The summed E-state index contributed by atoms with van der Waals surface area (Å²) in [5, 5.41) is 8.26. The molecule has 68 valence electrons. The third-order valence-electron chi connectivity index (χ3n) is 1.37. The van der Waals surface area contributed by atoms with E-state index in [4.69, 9.17) is 16.0 Å². The molecular formula is C7H4BrClN2OS. The van der Waals surface area contributed by atoms with Gasteiger partial charge < -0.3 is 4.42 Å². The molecule has 2 aromatic rings. The molecule has 0 aliphatic heterocycles. The Bertz CT molecular complexity index is 414. The molecule has 0 fully saturated rings. The smallest absolute Gasteiger partial charge is 0.257 e. The lowest BCUT2D eigenvalue weighted by atomic mass is 10.5. The van der Waals surface area contributed by atoms with Gasteiger partial charge in [-0.2, -0.15) is 0 Å². The van der Waals surface area contributed by atoms with Gasteiger partial charge in [-0.3, -0.25) is 0 Å². The van der Waals surface area contributed by atoms with Crippen LogP contribution in [0.3, 0.4) is 0 Å². The van der Waals surface area contributed by atoms with Gasteiger partial charge in [-0.1, -0.05) is 27.5 Å². The molecule has 0 bridgehead atoms. The first-order valence-corrected chi connectivity index (χ1v) is 5.75. The van der Waals surface area contributed by atoms with Crippen molar-refractivity contribution in [3.05, 3.63) is 22.4 Å². The molecule has 0 spiro atoms. The molecule has 0 radical (unpaired) electrons. The number of hydrogen-bond donors (Lipinski definition) is 0. The zero-order valence-corrected chi connectivity index (χ0v) is 9.49. The van der Waals surface area contributed by atoms with E-state index in [1.54, 1.807) is 6.07 Å². The minimum atomic E-state index is 0.520. The van der Waals surface area contributed by atoms with Crippen LogP contribution in [0.5, 0.6) is 0 Å². The third-order valence-corrected chi connectivity index (χ3v) is 3.06. The van der Waals surface area contributed by atoms with Crippen LogP contribution in [-0.2, 0) is 5.33 Å². The van der Waals surface area contributed by atoms with E-state index >= 15 is 0 Å². The van der Waals surface area contributed by atoms with Gasteiger partial charge in [0, 0.05) is 0 Å². The molecule has 0 saturated carbocycles. The second-order valence-electron chi connectivity index (χ2n) is 2.24. The fraction of sp³-hybridized carbons (Fsp3) is 0.143. The first kappa shape index (κ1) is 9.18. The summed E-state index contributed by atoms with van der Waals surface area (Å²) in [5.41, 5.74) is 0. The van der Waals surface area contributed by atoms with Crippen LogP contribution in [0.2, 0.25) is 4.34 Å². The van der Waals surface area contributed by atoms with E-state index in [0.717, 1.165) is 4.88 Å². The topological polar surface area (TPSA) is 38.9 Å². The maximum atomic E-state index is 5.77. The highest BCUT2D eigenvalue weighted by atomic mass is 79.9. The van der Waals surface area contributed by atoms with Crippen LogP contribution in [0.4, 0.5) is 0 Å². The van der Waals surface area contributed by atoms with Gasteiger partial charge >= 0.3 is 0 Å². The van der Waals surface area contributed by atoms with Crippen molar-refractivity contribution in [1.82, 2.24) is 10.2 Å². The lowest BCUT2D eigenvalue weighted by Gasteiger charge is -1.84. The van der Waals surface area contributed by atoms with Crippen LogP contribution >= 0.6 is 38.9 Å². The van der Waals surface area contributed by atoms with Gasteiger partial charge in [-0.05, 0) is 12.1 Å². The molecule has 0 aliphatic carbocycles. The standard InChI is InChI=1S/C7H4BrClN2OS/c8-3-6-10-11-7(12-6)4-1-2-5(9)13-4/h1-2H,3H2. The summed E-state index contributed by atoms with van der Waals surface area (Å²) in [4.78, 5) is 0.893. The second kappa shape index (κ2) is 3.77. The molecule has 0 aliphatic rings. The lowest BCUT2D eigenvalue weighted by Crippen LogP contribution is -1.73. The molecule has 0 atom stereocenters. The largest absolute Gasteiger partial charge is 0.419 e. The first-order chi connectivity index (χ1) is 6.29. The van der Waals surface area contributed by atoms with Crippen LogP contribution in [0.1, 0.15) is 5.89 Å². The fourth-order valence-corrected chi connectivity index (χ4v) is 2.03. The quantitative estimate of drug-likeness (QED) is 0.791. The van der Waals surface area contributed by atoms with Gasteiger partial charge in [0.25, 0.3) is 5.89 Å². The summed E-state index contributed by atoms with van der Waals surface area (Å²) < 4.78 is 6.03. The minimum absolute atomic E-state index is 0.520. The number of hydrogen-bond acceptors (Lipinski definition) is 4. The summed E-state index contributed by atoms with van der Waals surface area (Å²) in [6.45, 7) is 0. The highest BCUT2D eigenvalue weighted by Gasteiger charge is 2.09. The minimum Gasteiger partial charge on any atom is -0.419 e. The highest BCUT2D eigenvalue weighted by Crippen LogP contribution is 2.30. The fourth-order valence-electron chi connectivity index (χ4n) is 0.836. The maximum absolute atomic E-state index is 5.77. The van der Waals surface area contributed by atoms with E-state index in [9.17, 15) is 0 Å². The molecular weight excluding hydrogens is 276 g/mol. The molecule has 6 heteroatoms. The Hall–Kier alpha value is -0.390. The Morgan fingerprint density at radius 3 is 2.85 bits per heavy atom. The zero-order chi connectivity index (χ0) is 9.26. The number of alkyl halides is 1. The van der Waals surface area contributed by atoms with Gasteiger partial charge in [0.05, 0.1) is 14.5 Å². The Labute approximate surface area is 91.9 Å². The zero-order valence-electron chi connectivity index (χ0n) is 6.33. The number of rotatable bonds is 2. The van der Waals surface area contributed by atoms with Crippen LogP contribution in [0, 0.1) is 0 Å². The monoisotopic (exact) mass is 278 g/mol. The molecule has 0 aromatic carbocycles. The van der Waals surface area contributed by atoms with Crippen molar-refractivity contribution in [2.24, 2.45) is 0 Å². The number of nitrogens with zero attached hydrogens (tertiary/aromatic N) is 2. The molecule has 0 unspecified atom stereocenters. The van der Waals surface area contributed by atoms with Gasteiger partial charge in [0.15, 0.2) is 0 Å². The van der Waals surface area contributed by atoms with Crippen LogP contribution in [0.15, 0.2) is 16.5 Å². The summed E-state index contributed by atoms with van der Waals surface area (Å²) in [5.74, 6) is 1.09. The van der Waals surface area contributed by atoms with E-state index in [1.807, 2.05) is 6.07 Å². The molecule has 2 heterocycles. The normalized spacial score (nSPS) is 10.6.